The lowest BCUT2D eigenvalue weighted by Crippen LogP contribution is -2.27. The highest BCUT2D eigenvalue weighted by molar-refractivity contribution is 6.30. The third kappa shape index (κ3) is 4.61. The standard InChI is InChI=1S/C22H20ClN3O2/c1-28-11-10-25-22(27)17(13-24)12-18-15-26(21-5-3-2-4-20(18)21)14-16-6-8-19(23)9-7-16/h2-9,12,15H,10-11,14H2,1H3,(H,25,27)/b17-12+. The number of nitrogens with zero attached hydrogens (tertiary/aromatic N) is 2. The predicted octanol–water partition coefficient (Wildman–Crippen LogP) is 4.01. The number of benzene rings is 2. The number of hydrogen-bond donors (Lipinski definition) is 1. The van der Waals surface area contributed by atoms with E-state index in [1.165, 1.54) is 0 Å². The first-order valence-electron chi connectivity index (χ1n) is 8.83. The maximum atomic E-state index is 12.2. The average Bonchev–Trinajstić information content (AvgIpc) is 3.05. The largest absolute Gasteiger partial charge is 0.383 e. The fraction of sp³-hybridized carbons (Fsp3) is 0.182. The Balaban J connectivity index is 1.94. The molecule has 1 N–H and O–H groups in total. The number of carbonyl (C=O) groups is 1. The number of rotatable bonds is 7. The molecule has 3 aromatic rings. The zero-order valence-corrected chi connectivity index (χ0v) is 16.2. The Morgan fingerprint density at radius 1 is 1.25 bits per heavy atom. The van der Waals surface area contributed by atoms with Crippen LogP contribution in [0, 0.1) is 11.3 Å². The second kappa shape index (κ2) is 9.23. The molecule has 0 unspecified atom stereocenters. The van der Waals surface area contributed by atoms with Crippen molar-refractivity contribution in [2.45, 2.75) is 6.54 Å². The van der Waals surface area contributed by atoms with E-state index in [4.69, 9.17) is 16.3 Å². The van der Waals surface area contributed by atoms with Gasteiger partial charge in [-0.2, -0.15) is 5.26 Å². The summed E-state index contributed by atoms with van der Waals surface area (Å²) in [5.41, 5.74) is 3.02. The van der Waals surface area contributed by atoms with Gasteiger partial charge >= 0.3 is 0 Å². The molecule has 0 aliphatic carbocycles. The van der Waals surface area contributed by atoms with Gasteiger partial charge in [-0.15, -0.1) is 0 Å². The van der Waals surface area contributed by atoms with Crippen molar-refractivity contribution in [1.82, 2.24) is 9.88 Å². The normalized spacial score (nSPS) is 11.4. The van der Waals surface area contributed by atoms with Crippen molar-refractivity contribution in [2.75, 3.05) is 20.3 Å². The molecule has 142 valence electrons. The molecular weight excluding hydrogens is 374 g/mol. The summed E-state index contributed by atoms with van der Waals surface area (Å²) in [6.45, 7) is 1.41. The fourth-order valence-corrected chi connectivity index (χ4v) is 3.10. The summed E-state index contributed by atoms with van der Waals surface area (Å²) < 4.78 is 7.02. The first-order valence-corrected chi connectivity index (χ1v) is 9.21. The molecule has 6 heteroatoms. The minimum atomic E-state index is -0.408. The highest BCUT2D eigenvalue weighted by Gasteiger charge is 2.12. The Hall–Kier alpha value is -3.07. The molecule has 0 spiro atoms. The van der Waals surface area contributed by atoms with E-state index in [-0.39, 0.29) is 5.57 Å². The van der Waals surface area contributed by atoms with Crippen molar-refractivity contribution < 1.29 is 9.53 Å². The predicted molar refractivity (Wildman–Crippen MR) is 111 cm³/mol. The lowest BCUT2D eigenvalue weighted by molar-refractivity contribution is -0.117. The van der Waals surface area contributed by atoms with Crippen LogP contribution in [0.5, 0.6) is 0 Å². The van der Waals surface area contributed by atoms with E-state index >= 15 is 0 Å². The number of halogens is 1. The molecule has 0 saturated carbocycles. The zero-order valence-electron chi connectivity index (χ0n) is 15.5. The van der Waals surface area contributed by atoms with Crippen molar-refractivity contribution >= 4 is 34.5 Å². The fourth-order valence-electron chi connectivity index (χ4n) is 2.97. The van der Waals surface area contributed by atoms with Crippen LogP contribution < -0.4 is 5.32 Å². The molecule has 1 amide bonds. The van der Waals surface area contributed by atoms with Crippen LogP contribution in [0.4, 0.5) is 0 Å². The van der Waals surface area contributed by atoms with Crippen LogP contribution in [0.1, 0.15) is 11.1 Å². The molecule has 3 rings (SSSR count). The van der Waals surface area contributed by atoms with E-state index in [1.54, 1.807) is 13.2 Å². The highest BCUT2D eigenvalue weighted by atomic mass is 35.5. The Bertz CT molecular complexity index is 1050. The quantitative estimate of drug-likeness (QED) is 0.374. The first-order chi connectivity index (χ1) is 13.6. The Morgan fingerprint density at radius 3 is 2.71 bits per heavy atom. The lowest BCUT2D eigenvalue weighted by atomic mass is 10.1. The average molecular weight is 394 g/mol. The van der Waals surface area contributed by atoms with Gasteiger partial charge in [-0.25, -0.2) is 0 Å². The van der Waals surface area contributed by atoms with Crippen LogP contribution in [0.15, 0.2) is 60.3 Å². The molecule has 1 heterocycles. The first kappa shape index (κ1) is 19.7. The highest BCUT2D eigenvalue weighted by Crippen LogP contribution is 2.25. The number of aromatic nitrogens is 1. The van der Waals surface area contributed by atoms with Gasteiger partial charge in [0.25, 0.3) is 5.91 Å². The van der Waals surface area contributed by atoms with E-state index in [2.05, 4.69) is 9.88 Å². The van der Waals surface area contributed by atoms with E-state index in [1.807, 2.05) is 60.8 Å². The summed E-state index contributed by atoms with van der Waals surface area (Å²) in [6.07, 6.45) is 3.59. The van der Waals surface area contributed by atoms with Gasteiger partial charge in [0.1, 0.15) is 11.6 Å². The maximum Gasteiger partial charge on any atom is 0.262 e. The molecule has 28 heavy (non-hydrogen) atoms. The monoisotopic (exact) mass is 393 g/mol. The van der Waals surface area contributed by atoms with Crippen LogP contribution >= 0.6 is 11.6 Å². The van der Waals surface area contributed by atoms with Gasteiger partial charge in [0.15, 0.2) is 0 Å². The van der Waals surface area contributed by atoms with Gasteiger partial charge < -0.3 is 14.6 Å². The van der Waals surface area contributed by atoms with Crippen LogP contribution in [-0.2, 0) is 16.1 Å². The van der Waals surface area contributed by atoms with Crippen molar-refractivity contribution in [3.05, 3.63) is 76.5 Å². The molecule has 2 aromatic carbocycles. The second-order valence-electron chi connectivity index (χ2n) is 6.27. The summed E-state index contributed by atoms with van der Waals surface area (Å²) in [6, 6.07) is 17.6. The molecule has 0 fully saturated rings. The number of methoxy groups -OCH3 is 1. The van der Waals surface area contributed by atoms with Gasteiger partial charge in [0.05, 0.1) is 6.61 Å². The number of nitrogens with one attached hydrogen (secondary N) is 1. The van der Waals surface area contributed by atoms with Crippen molar-refractivity contribution in [3.63, 3.8) is 0 Å². The number of ether oxygens (including phenoxy) is 1. The number of para-hydroxylation sites is 1. The third-order valence-electron chi connectivity index (χ3n) is 4.34. The second-order valence-corrected chi connectivity index (χ2v) is 6.71. The smallest absolute Gasteiger partial charge is 0.262 e. The van der Waals surface area contributed by atoms with Gasteiger partial charge in [0.2, 0.25) is 0 Å². The molecule has 5 nitrogen and oxygen atoms in total. The molecule has 0 radical (unpaired) electrons. The van der Waals surface area contributed by atoms with Gasteiger partial charge in [-0.3, -0.25) is 4.79 Å². The number of amides is 1. The minimum absolute atomic E-state index is 0.0606. The Morgan fingerprint density at radius 2 is 2.00 bits per heavy atom. The minimum Gasteiger partial charge on any atom is -0.383 e. The third-order valence-corrected chi connectivity index (χ3v) is 4.59. The Labute approximate surface area is 168 Å². The molecule has 0 atom stereocenters. The van der Waals surface area contributed by atoms with E-state index in [0.29, 0.717) is 24.7 Å². The molecule has 0 saturated heterocycles. The van der Waals surface area contributed by atoms with E-state index < -0.39 is 5.91 Å². The number of fused-ring (bicyclic) bond motifs is 1. The maximum absolute atomic E-state index is 12.2. The topological polar surface area (TPSA) is 67.0 Å². The summed E-state index contributed by atoms with van der Waals surface area (Å²) in [7, 11) is 1.56. The number of carbonyl (C=O) groups excluding carboxylic acids is 1. The van der Waals surface area contributed by atoms with Gasteiger partial charge in [-0.1, -0.05) is 41.9 Å². The summed E-state index contributed by atoms with van der Waals surface area (Å²) in [5, 5.41) is 13.8. The number of nitriles is 1. The molecule has 0 bridgehead atoms. The zero-order chi connectivity index (χ0) is 19.9. The lowest BCUT2D eigenvalue weighted by Gasteiger charge is -2.05. The van der Waals surface area contributed by atoms with E-state index in [9.17, 15) is 10.1 Å². The summed E-state index contributed by atoms with van der Waals surface area (Å²) >= 11 is 5.97. The SMILES string of the molecule is COCCNC(=O)/C(C#N)=C/c1cn(Cc2ccc(Cl)cc2)c2ccccc12. The molecular formula is C22H20ClN3O2. The van der Waals surface area contributed by atoms with Crippen molar-refractivity contribution in [2.24, 2.45) is 0 Å². The van der Waals surface area contributed by atoms with E-state index in [0.717, 1.165) is 22.0 Å². The molecule has 1 aromatic heterocycles. The number of hydrogen-bond acceptors (Lipinski definition) is 3. The molecule has 0 aliphatic rings. The molecule has 0 aliphatic heterocycles. The van der Waals surface area contributed by atoms with Crippen LogP contribution in [0.2, 0.25) is 5.02 Å². The van der Waals surface area contributed by atoms with Crippen molar-refractivity contribution in [3.8, 4) is 6.07 Å². The summed E-state index contributed by atoms with van der Waals surface area (Å²) in [4.78, 5) is 12.2. The van der Waals surface area contributed by atoms with Crippen LogP contribution in [0.25, 0.3) is 17.0 Å². The summed E-state index contributed by atoms with van der Waals surface area (Å²) in [5.74, 6) is -0.408. The van der Waals surface area contributed by atoms with Crippen molar-refractivity contribution in [1.29, 1.82) is 5.26 Å². The van der Waals surface area contributed by atoms with Crippen LogP contribution in [-0.4, -0.2) is 30.7 Å². The van der Waals surface area contributed by atoms with Gasteiger partial charge in [-0.05, 0) is 29.8 Å². The van der Waals surface area contributed by atoms with Gasteiger partial charge in [0, 0.05) is 47.9 Å². The van der Waals surface area contributed by atoms with Crippen LogP contribution in [0.3, 0.4) is 0 Å². The Kier molecular flexibility index (Phi) is 6.49.